The molecule has 1 heterocycles. The van der Waals surface area contributed by atoms with Crippen LogP contribution < -0.4 is 5.32 Å². The Bertz CT molecular complexity index is 290. The van der Waals surface area contributed by atoms with Gasteiger partial charge in [0.25, 0.3) is 6.02 Å². The Morgan fingerprint density at radius 3 is 3.00 bits per heavy atom. The average molecular weight is 222 g/mol. The maximum Gasteiger partial charge on any atom is 0.285 e. The van der Waals surface area contributed by atoms with Crippen molar-refractivity contribution in [1.82, 2.24) is 5.32 Å². The molecule has 3 aliphatic rings. The zero-order valence-electron chi connectivity index (χ0n) is 10.1. The fraction of sp³-hybridized carbons (Fsp3) is 0.923. The minimum atomic E-state index is 0.649. The molecular weight excluding hydrogens is 200 g/mol. The second-order valence-electron chi connectivity index (χ2n) is 5.49. The number of ether oxygens (including phenoxy) is 1. The minimum absolute atomic E-state index is 0.649. The highest BCUT2D eigenvalue weighted by molar-refractivity contribution is 5.75. The maximum atomic E-state index is 5.49. The summed E-state index contributed by atoms with van der Waals surface area (Å²) in [4.78, 5) is 4.36. The third-order valence-electron chi connectivity index (χ3n) is 4.59. The van der Waals surface area contributed by atoms with Gasteiger partial charge in [-0.05, 0) is 43.4 Å². The third-order valence-corrected chi connectivity index (χ3v) is 4.59. The smallest absolute Gasteiger partial charge is 0.285 e. The SMILES string of the molecule is CCC[C@@H]1[C@@H]2CC[C@@H](C2)[C@H]1NC1=NCCO1. The first-order valence-electron chi connectivity index (χ1n) is 6.82. The summed E-state index contributed by atoms with van der Waals surface area (Å²) in [6.07, 6.45) is 6.98. The molecule has 0 unspecified atom stereocenters. The van der Waals surface area contributed by atoms with Gasteiger partial charge in [0.1, 0.15) is 6.61 Å². The monoisotopic (exact) mass is 222 g/mol. The van der Waals surface area contributed by atoms with Crippen LogP contribution in [0.1, 0.15) is 39.0 Å². The van der Waals surface area contributed by atoms with E-state index in [4.69, 9.17) is 4.74 Å². The molecule has 2 fully saturated rings. The Morgan fingerprint density at radius 1 is 1.38 bits per heavy atom. The van der Waals surface area contributed by atoms with Gasteiger partial charge in [-0.3, -0.25) is 0 Å². The van der Waals surface area contributed by atoms with E-state index in [1.54, 1.807) is 0 Å². The Hall–Kier alpha value is -0.730. The van der Waals surface area contributed by atoms with Gasteiger partial charge in [-0.2, -0.15) is 0 Å². The van der Waals surface area contributed by atoms with Crippen LogP contribution >= 0.6 is 0 Å². The maximum absolute atomic E-state index is 5.49. The quantitative estimate of drug-likeness (QED) is 0.794. The average Bonchev–Trinajstić information content (AvgIpc) is 2.98. The highest BCUT2D eigenvalue weighted by atomic mass is 16.5. The van der Waals surface area contributed by atoms with Crippen molar-refractivity contribution in [3.8, 4) is 0 Å². The summed E-state index contributed by atoms with van der Waals surface area (Å²) in [5.41, 5.74) is 0. The molecule has 0 aromatic carbocycles. The van der Waals surface area contributed by atoms with Crippen molar-refractivity contribution in [2.45, 2.75) is 45.1 Å². The lowest BCUT2D eigenvalue weighted by Crippen LogP contribution is -2.44. The van der Waals surface area contributed by atoms with Crippen molar-refractivity contribution in [2.24, 2.45) is 22.7 Å². The van der Waals surface area contributed by atoms with Gasteiger partial charge in [0, 0.05) is 6.04 Å². The normalized spacial score (nSPS) is 40.9. The van der Waals surface area contributed by atoms with Crippen molar-refractivity contribution in [1.29, 1.82) is 0 Å². The molecule has 0 aromatic rings. The summed E-state index contributed by atoms with van der Waals surface area (Å²) in [7, 11) is 0. The van der Waals surface area contributed by atoms with E-state index in [-0.39, 0.29) is 0 Å². The van der Waals surface area contributed by atoms with Crippen LogP contribution in [0.15, 0.2) is 4.99 Å². The lowest BCUT2D eigenvalue weighted by molar-refractivity contribution is 0.236. The zero-order chi connectivity index (χ0) is 11.0. The van der Waals surface area contributed by atoms with E-state index in [1.807, 2.05) is 0 Å². The highest BCUT2D eigenvalue weighted by Gasteiger charge is 2.47. The fourth-order valence-corrected chi connectivity index (χ4v) is 3.95. The van der Waals surface area contributed by atoms with E-state index in [2.05, 4.69) is 17.2 Å². The standard InChI is InChI=1S/C13H22N2O/c1-2-3-11-9-4-5-10(8-9)12(11)15-13-14-6-7-16-13/h9-12H,2-8H2,1H3,(H,14,15)/t9-,10+,11-,12-/m1/s1. The molecule has 3 nitrogen and oxygen atoms in total. The molecule has 0 spiro atoms. The highest BCUT2D eigenvalue weighted by Crippen LogP contribution is 2.50. The van der Waals surface area contributed by atoms with Crippen LogP contribution in [0.2, 0.25) is 0 Å². The van der Waals surface area contributed by atoms with Crippen molar-refractivity contribution >= 4 is 6.02 Å². The van der Waals surface area contributed by atoms with E-state index < -0.39 is 0 Å². The molecule has 2 bridgehead atoms. The topological polar surface area (TPSA) is 33.6 Å². The van der Waals surface area contributed by atoms with Crippen LogP contribution in [0, 0.1) is 17.8 Å². The van der Waals surface area contributed by atoms with Crippen molar-refractivity contribution in [3.05, 3.63) is 0 Å². The van der Waals surface area contributed by atoms with Gasteiger partial charge in [0.05, 0.1) is 6.54 Å². The molecule has 2 saturated carbocycles. The van der Waals surface area contributed by atoms with Gasteiger partial charge in [-0.25, -0.2) is 4.99 Å². The molecule has 90 valence electrons. The Morgan fingerprint density at radius 2 is 2.25 bits per heavy atom. The van der Waals surface area contributed by atoms with Gasteiger partial charge < -0.3 is 10.1 Å². The summed E-state index contributed by atoms with van der Waals surface area (Å²) in [5.74, 6) is 2.73. The molecule has 1 N–H and O–H groups in total. The van der Waals surface area contributed by atoms with Crippen LogP contribution in [-0.2, 0) is 4.74 Å². The number of hydrogen-bond donors (Lipinski definition) is 1. The molecule has 3 heteroatoms. The zero-order valence-corrected chi connectivity index (χ0v) is 10.1. The number of hydrogen-bond acceptors (Lipinski definition) is 3. The first kappa shape index (κ1) is 10.4. The van der Waals surface area contributed by atoms with Crippen LogP contribution in [0.25, 0.3) is 0 Å². The summed E-state index contributed by atoms with van der Waals surface area (Å²) >= 11 is 0. The van der Waals surface area contributed by atoms with Crippen molar-refractivity contribution in [3.63, 3.8) is 0 Å². The van der Waals surface area contributed by atoms with Gasteiger partial charge in [-0.15, -0.1) is 0 Å². The predicted octanol–water partition coefficient (Wildman–Crippen LogP) is 2.18. The lowest BCUT2D eigenvalue weighted by Gasteiger charge is -2.31. The first-order valence-corrected chi connectivity index (χ1v) is 6.82. The molecule has 2 aliphatic carbocycles. The molecule has 3 rings (SSSR count). The number of nitrogens with zero attached hydrogens (tertiary/aromatic N) is 1. The number of fused-ring (bicyclic) bond motifs is 2. The Labute approximate surface area is 97.7 Å². The lowest BCUT2D eigenvalue weighted by atomic mass is 9.82. The van der Waals surface area contributed by atoms with Gasteiger partial charge >= 0.3 is 0 Å². The first-order chi connectivity index (χ1) is 7.88. The van der Waals surface area contributed by atoms with Crippen LogP contribution in [0.5, 0.6) is 0 Å². The van der Waals surface area contributed by atoms with Gasteiger partial charge in [-0.1, -0.05) is 13.3 Å². The molecule has 4 atom stereocenters. The van der Waals surface area contributed by atoms with Crippen LogP contribution in [0.3, 0.4) is 0 Å². The summed E-state index contributed by atoms with van der Waals surface area (Å²) in [6, 6.07) is 1.47. The molecule has 0 amide bonds. The van der Waals surface area contributed by atoms with E-state index >= 15 is 0 Å². The molecule has 0 saturated heterocycles. The second-order valence-corrected chi connectivity index (χ2v) is 5.49. The molecule has 0 aromatic heterocycles. The van der Waals surface area contributed by atoms with Crippen molar-refractivity contribution in [2.75, 3.05) is 13.2 Å². The summed E-state index contributed by atoms with van der Waals surface area (Å²) in [6.45, 7) is 3.90. The predicted molar refractivity (Wildman–Crippen MR) is 64.4 cm³/mol. The van der Waals surface area contributed by atoms with E-state index in [0.717, 1.165) is 36.9 Å². The largest absolute Gasteiger partial charge is 0.463 e. The Kier molecular flexibility index (Phi) is 2.78. The van der Waals surface area contributed by atoms with Gasteiger partial charge in [0.15, 0.2) is 0 Å². The number of rotatable bonds is 3. The molecule has 1 aliphatic heterocycles. The Balaban J connectivity index is 1.67. The van der Waals surface area contributed by atoms with Crippen LogP contribution in [0.4, 0.5) is 0 Å². The van der Waals surface area contributed by atoms with Crippen LogP contribution in [-0.4, -0.2) is 25.2 Å². The minimum Gasteiger partial charge on any atom is -0.463 e. The molecule has 16 heavy (non-hydrogen) atoms. The number of amidine groups is 1. The fourth-order valence-electron chi connectivity index (χ4n) is 3.95. The van der Waals surface area contributed by atoms with E-state index in [9.17, 15) is 0 Å². The third kappa shape index (κ3) is 1.70. The number of nitrogens with one attached hydrogen (secondary N) is 1. The van der Waals surface area contributed by atoms with Crippen molar-refractivity contribution < 1.29 is 4.74 Å². The number of aliphatic imine (C=N–C) groups is 1. The van der Waals surface area contributed by atoms with E-state index in [0.29, 0.717) is 6.04 Å². The van der Waals surface area contributed by atoms with Gasteiger partial charge in [0.2, 0.25) is 0 Å². The summed E-state index contributed by atoms with van der Waals surface area (Å²) < 4.78 is 5.49. The molecule has 0 radical (unpaired) electrons. The molecular formula is C13H22N2O. The second kappa shape index (κ2) is 4.27. The van der Waals surface area contributed by atoms with E-state index in [1.165, 1.54) is 32.1 Å². The summed E-state index contributed by atoms with van der Waals surface area (Å²) in [5, 5.41) is 3.57.